The average Bonchev–Trinajstić information content (AvgIpc) is 2.35. The molecule has 2 aromatic rings. The molecule has 2 rings (SSSR count). The van der Waals surface area contributed by atoms with Gasteiger partial charge < -0.3 is 0 Å². The molecule has 0 aliphatic rings. The summed E-state index contributed by atoms with van der Waals surface area (Å²) in [5.41, 5.74) is 0.417. The van der Waals surface area contributed by atoms with Crippen LogP contribution in [0.25, 0.3) is 0 Å². The summed E-state index contributed by atoms with van der Waals surface area (Å²) in [4.78, 5) is 12.0. The molecule has 0 saturated heterocycles. The minimum atomic E-state index is -0.548. The predicted octanol–water partition coefficient (Wildman–Crippen LogP) is 4.81. The molecular weight excluding hydrogens is 338 g/mol. The molecule has 0 heterocycles. The molecule has 0 saturated carbocycles. The first-order valence-electron chi connectivity index (χ1n) is 5.39. The van der Waals surface area contributed by atoms with Crippen molar-refractivity contribution in [2.24, 2.45) is 0 Å². The molecule has 0 spiro atoms. The van der Waals surface area contributed by atoms with Gasteiger partial charge in [0.15, 0.2) is 5.78 Å². The van der Waals surface area contributed by atoms with E-state index in [-0.39, 0.29) is 28.4 Å². The number of hydrogen-bond acceptors (Lipinski definition) is 1. The molecule has 0 aliphatic heterocycles. The maximum absolute atomic E-state index is 13.6. The molecule has 1 nitrogen and oxygen atoms in total. The summed E-state index contributed by atoms with van der Waals surface area (Å²) in [5.74, 6) is -1.43. The number of ketones is 1. The van der Waals surface area contributed by atoms with Crippen LogP contribution in [0.3, 0.4) is 0 Å². The van der Waals surface area contributed by atoms with Gasteiger partial charge in [0.25, 0.3) is 0 Å². The van der Waals surface area contributed by atoms with E-state index in [0.717, 1.165) is 12.1 Å². The molecule has 0 unspecified atom stereocenters. The van der Waals surface area contributed by atoms with E-state index in [1.807, 2.05) is 0 Å². The van der Waals surface area contributed by atoms with Crippen LogP contribution in [0.15, 0.2) is 40.9 Å². The van der Waals surface area contributed by atoms with Crippen molar-refractivity contribution in [3.05, 3.63) is 68.7 Å². The SMILES string of the molecule is O=C(Cc1ccc(Cl)cc1F)c1cc(F)ccc1Br. The highest BCUT2D eigenvalue weighted by Gasteiger charge is 2.14. The van der Waals surface area contributed by atoms with Crippen molar-refractivity contribution in [1.29, 1.82) is 0 Å². The van der Waals surface area contributed by atoms with E-state index in [2.05, 4.69) is 15.9 Å². The lowest BCUT2D eigenvalue weighted by atomic mass is 10.0. The van der Waals surface area contributed by atoms with Crippen molar-refractivity contribution in [1.82, 2.24) is 0 Å². The van der Waals surface area contributed by atoms with Crippen LogP contribution in [-0.2, 0) is 6.42 Å². The lowest BCUT2D eigenvalue weighted by Gasteiger charge is -2.05. The van der Waals surface area contributed by atoms with E-state index in [0.29, 0.717) is 4.47 Å². The van der Waals surface area contributed by atoms with E-state index in [9.17, 15) is 13.6 Å². The molecule has 98 valence electrons. The van der Waals surface area contributed by atoms with Gasteiger partial charge in [0, 0.05) is 21.5 Å². The van der Waals surface area contributed by atoms with Crippen LogP contribution < -0.4 is 0 Å². The Bertz CT molecular complexity index is 643. The van der Waals surface area contributed by atoms with E-state index < -0.39 is 11.6 Å². The second-order valence-corrected chi connectivity index (χ2v) is 5.25. The van der Waals surface area contributed by atoms with Gasteiger partial charge >= 0.3 is 0 Å². The molecule has 5 heteroatoms. The summed E-state index contributed by atoms with van der Waals surface area (Å²) < 4.78 is 27.2. The lowest BCUT2D eigenvalue weighted by Crippen LogP contribution is -2.06. The molecule has 0 aliphatic carbocycles. The molecule has 0 bridgehead atoms. The summed E-state index contributed by atoms with van der Waals surface area (Å²) in [6.45, 7) is 0. The monoisotopic (exact) mass is 344 g/mol. The van der Waals surface area contributed by atoms with Gasteiger partial charge in [0.05, 0.1) is 0 Å². The maximum Gasteiger partial charge on any atom is 0.168 e. The standard InChI is InChI=1S/C14H8BrClF2O/c15-12-4-3-10(17)7-11(12)14(19)5-8-1-2-9(16)6-13(8)18/h1-4,6-7H,5H2. The van der Waals surface area contributed by atoms with Gasteiger partial charge in [0.2, 0.25) is 0 Å². The number of carbonyl (C=O) groups excluding carboxylic acids is 1. The third-order valence-corrected chi connectivity index (χ3v) is 3.52. The molecule has 2 aromatic carbocycles. The Balaban J connectivity index is 2.28. The number of hydrogen-bond donors (Lipinski definition) is 0. The van der Waals surface area contributed by atoms with Gasteiger partial charge in [0.1, 0.15) is 11.6 Å². The highest BCUT2D eigenvalue weighted by Crippen LogP contribution is 2.21. The Labute approximate surface area is 122 Å². The molecule has 0 radical (unpaired) electrons. The minimum Gasteiger partial charge on any atom is -0.294 e. The number of carbonyl (C=O) groups is 1. The van der Waals surface area contributed by atoms with Crippen LogP contribution in [0.4, 0.5) is 8.78 Å². The van der Waals surface area contributed by atoms with Gasteiger partial charge in [-0.3, -0.25) is 4.79 Å². The Morgan fingerprint density at radius 1 is 1.16 bits per heavy atom. The Morgan fingerprint density at radius 3 is 2.58 bits per heavy atom. The Hall–Kier alpha value is -1.26. The zero-order valence-corrected chi connectivity index (χ0v) is 11.9. The van der Waals surface area contributed by atoms with Crippen molar-refractivity contribution < 1.29 is 13.6 Å². The van der Waals surface area contributed by atoms with Crippen molar-refractivity contribution in [3.63, 3.8) is 0 Å². The third kappa shape index (κ3) is 3.39. The second-order valence-electron chi connectivity index (χ2n) is 3.96. The smallest absolute Gasteiger partial charge is 0.168 e. The normalized spacial score (nSPS) is 10.5. The molecular formula is C14H8BrClF2O. The molecule has 0 atom stereocenters. The third-order valence-electron chi connectivity index (χ3n) is 2.59. The van der Waals surface area contributed by atoms with Crippen LogP contribution in [0, 0.1) is 11.6 Å². The van der Waals surface area contributed by atoms with E-state index >= 15 is 0 Å². The van der Waals surface area contributed by atoms with E-state index in [1.165, 1.54) is 24.3 Å². The predicted molar refractivity (Wildman–Crippen MR) is 73.5 cm³/mol. The summed E-state index contributed by atoms with van der Waals surface area (Å²) in [7, 11) is 0. The summed E-state index contributed by atoms with van der Waals surface area (Å²) in [6.07, 6.45) is -0.148. The Kier molecular flexibility index (Phi) is 4.32. The quantitative estimate of drug-likeness (QED) is 0.730. The number of halogens is 4. The van der Waals surface area contributed by atoms with Gasteiger partial charge in [-0.2, -0.15) is 0 Å². The number of rotatable bonds is 3. The van der Waals surface area contributed by atoms with Gasteiger partial charge in [-0.05, 0) is 35.9 Å². The van der Waals surface area contributed by atoms with Crippen LogP contribution in [0.1, 0.15) is 15.9 Å². The van der Waals surface area contributed by atoms with Crippen LogP contribution >= 0.6 is 27.5 Å². The maximum atomic E-state index is 13.6. The minimum absolute atomic E-state index is 0.148. The first kappa shape index (κ1) is 14.2. The second kappa shape index (κ2) is 5.80. The molecule has 0 amide bonds. The highest BCUT2D eigenvalue weighted by molar-refractivity contribution is 9.10. The van der Waals surface area contributed by atoms with Crippen LogP contribution in [0.2, 0.25) is 5.02 Å². The summed E-state index contributed by atoms with van der Waals surface area (Å²) >= 11 is 8.81. The van der Waals surface area contributed by atoms with Crippen LogP contribution in [-0.4, -0.2) is 5.78 Å². The fourth-order valence-electron chi connectivity index (χ4n) is 1.64. The number of Topliss-reactive ketones (excluding diaryl/α,β-unsaturated/α-hetero) is 1. The van der Waals surface area contributed by atoms with Crippen molar-refractivity contribution in [2.75, 3.05) is 0 Å². The Morgan fingerprint density at radius 2 is 1.89 bits per heavy atom. The van der Waals surface area contributed by atoms with E-state index in [4.69, 9.17) is 11.6 Å². The average molecular weight is 346 g/mol. The first-order valence-corrected chi connectivity index (χ1v) is 6.56. The molecule has 19 heavy (non-hydrogen) atoms. The number of benzene rings is 2. The zero-order chi connectivity index (χ0) is 14.0. The lowest BCUT2D eigenvalue weighted by molar-refractivity contribution is 0.0990. The van der Waals surface area contributed by atoms with Crippen LogP contribution in [0.5, 0.6) is 0 Å². The van der Waals surface area contributed by atoms with Gasteiger partial charge in [-0.25, -0.2) is 8.78 Å². The summed E-state index contributed by atoms with van der Waals surface area (Å²) in [6, 6.07) is 7.91. The summed E-state index contributed by atoms with van der Waals surface area (Å²) in [5, 5.41) is 0.264. The fourth-order valence-corrected chi connectivity index (χ4v) is 2.27. The van der Waals surface area contributed by atoms with E-state index in [1.54, 1.807) is 0 Å². The fraction of sp³-hybridized carbons (Fsp3) is 0.0714. The van der Waals surface area contributed by atoms with Gasteiger partial charge in [-0.15, -0.1) is 0 Å². The molecule has 0 N–H and O–H groups in total. The topological polar surface area (TPSA) is 17.1 Å². The van der Waals surface area contributed by atoms with Crippen molar-refractivity contribution in [2.45, 2.75) is 6.42 Å². The molecule has 0 fully saturated rings. The molecule has 0 aromatic heterocycles. The highest BCUT2D eigenvalue weighted by atomic mass is 79.9. The van der Waals surface area contributed by atoms with Crippen molar-refractivity contribution in [3.8, 4) is 0 Å². The van der Waals surface area contributed by atoms with Gasteiger partial charge in [-0.1, -0.05) is 33.6 Å². The largest absolute Gasteiger partial charge is 0.294 e. The zero-order valence-electron chi connectivity index (χ0n) is 9.59. The first-order chi connectivity index (χ1) is 8.97. The van der Waals surface area contributed by atoms with Crippen molar-refractivity contribution >= 4 is 33.3 Å².